The molecule has 0 aliphatic heterocycles. The van der Waals surface area contributed by atoms with Crippen LogP contribution in [-0.2, 0) is 50.4 Å². The van der Waals surface area contributed by atoms with Gasteiger partial charge in [-0.05, 0) is 0 Å². The van der Waals surface area contributed by atoms with Crippen molar-refractivity contribution in [1.82, 2.24) is 5.32 Å². The van der Waals surface area contributed by atoms with Gasteiger partial charge in [-0.3, -0.25) is 0 Å². The summed E-state index contributed by atoms with van der Waals surface area (Å²) in [6.45, 7) is 25.9. The fourth-order valence-corrected chi connectivity index (χ4v) is 2.32. The van der Waals surface area contributed by atoms with Crippen LogP contribution in [0.5, 0.6) is 0 Å². The molecule has 0 aliphatic carbocycles. The Morgan fingerprint density at radius 2 is 1.23 bits per heavy atom. The van der Waals surface area contributed by atoms with E-state index in [1.165, 1.54) is 5.56 Å². The normalized spacial score (nSPS) is 7.90. The zero-order valence-corrected chi connectivity index (χ0v) is 17.9. The molecule has 0 spiro atoms. The van der Waals surface area contributed by atoms with Gasteiger partial charge in [-0.15, -0.1) is 0 Å². The maximum atomic E-state index is 7.50. The van der Waals surface area contributed by atoms with Crippen LogP contribution >= 0.6 is 0 Å². The molecule has 2 aromatic rings. The number of rotatable bonds is 7. The van der Waals surface area contributed by atoms with Gasteiger partial charge in [-0.1, -0.05) is 0 Å². The molecule has 0 atom stereocenters. The third kappa shape index (κ3) is 20.1. The first-order valence-corrected chi connectivity index (χ1v) is 8.67. The standard InChI is InChI=1S/C18H19NO.5CO.Cr/c1-2-20-14-13-18(17-11-7-4-8-12-17)19-15-16-9-5-3-6-10-16;5*1-2;/h3-13,19H,2,15H2,1H3;;;;;;/b18-13-;;;;;;. The van der Waals surface area contributed by atoms with Gasteiger partial charge in [0, 0.05) is 0 Å². The topological polar surface area (TPSA) is 121 Å². The molecule has 0 bridgehead atoms. The third-order valence-electron chi connectivity index (χ3n) is 2.96. The summed E-state index contributed by atoms with van der Waals surface area (Å²) in [5, 5.41) is 3.48. The Morgan fingerprint density at radius 1 is 0.806 bits per heavy atom. The van der Waals surface area contributed by atoms with E-state index in [0.29, 0.717) is 6.61 Å². The van der Waals surface area contributed by atoms with Gasteiger partial charge in [0.1, 0.15) is 0 Å². The van der Waals surface area contributed by atoms with E-state index in [0.717, 1.165) is 22.4 Å². The molecule has 0 radical (unpaired) electrons. The van der Waals surface area contributed by atoms with Gasteiger partial charge in [-0.2, -0.15) is 0 Å². The van der Waals surface area contributed by atoms with E-state index >= 15 is 0 Å². The van der Waals surface area contributed by atoms with Crippen LogP contribution in [0.25, 0.3) is 5.70 Å². The van der Waals surface area contributed by atoms with E-state index in [-0.39, 0.29) is 0 Å². The third-order valence-corrected chi connectivity index (χ3v) is 3.33. The van der Waals surface area contributed by atoms with Crippen molar-refractivity contribution in [3.8, 4) is 0 Å². The molecule has 0 fully saturated rings. The van der Waals surface area contributed by atoms with Crippen molar-refractivity contribution < 1.29 is 43.8 Å². The van der Waals surface area contributed by atoms with Crippen molar-refractivity contribution in [2.24, 2.45) is 0 Å². The number of benzene rings is 2. The van der Waals surface area contributed by atoms with Crippen LogP contribution in [0.2, 0.25) is 0 Å². The molecule has 0 unspecified atom stereocenters. The van der Waals surface area contributed by atoms with Crippen LogP contribution in [-0.4, -0.2) is 11.2 Å². The van der Waals surface area contributed by atoms with Crippen molar-refractivity contribution >= 4 is 10.3 Å². The Balaban J connectivity index is -0.000000320. The zero-order valence-electron chi connectivity index (χ0n) is 16.6. The van der Waals surface area contributed by atoms with Crippen molar-refractivity contribution in [3.05, 3.63) is 111 Å². The molecule has 0 heterocycles. The fraction of sp³-hybridized carbons (Fsp3) is 0.130. The Kier molecular flexibility index (Phi) is 36.3. The summed E-state index contributed by atoms with van der Waals surface area (Å²) < 4.78 is 43.8. The molecule has 2 rings (SSSR count). The minimum absolute atomic E-state index is 0.652. The second-order valence-electron chi connectivity index (χ2n) is 4.52. The van der Waals surface area contributed by atoms with Gasteiger partial charge in [-0.25, -0.2) is 0 Å². The summed E-state index contributed by atoms with van der Waals surface area (Å²) in [5.74, 6) is 0. The number of nitrogens with one attached hydrogen (secondary N) is 1. The minimum atomic E-state index is 0.652. The van der Waals surface area contributed by atoms with Crippen LogP contribution in [0, 0.1) is 33.3 Å². The maximum absolute atomic E-state index is 7.50. The van der Waals surface area contributed by atoms with E-state index in [4.69, 9.17) is 28.0 Å². The molecule has 0 aromatic heterocycles. The summed E-state index contributed by atoms with van der Waals surface area (Å²) in [6.07, 6.45) is 2.00. The van der Waals surface area contributed by atoms with Crippen LogP contribution in [0.15, 0.2) is 66.7 Å². The first-order valence-electron chi connectivity index (χ1n) is 8.03. The van der Waals surface area contributed by atoms with Crippen LogP contribution in [0.3, 0.4) is 0 Å². The van der Waals surface area contributed by atoms with E-state index in [9.17, 15) is 0 Å². The monoisotopic (exact) mass is 457 g/mol. The molecule has 0 saturated heterocycles. The predicted molar refractivity (Wildman–Crippen MR) is 104 cm³/mol. The van der Waals surface area contributed by atoms with Crippen molar-refractivity contribution in [1.29, 1.82) is 0 Å². The fourth-order valence-electron chi connectivity index (χ4n) is 1.95. The SMILES string of the molecule is CCO[C](=[Cr])/C=C(\NCc1ccccc1)c1ccccc1.[C-]#[O+].[C-]#[O+].[C-]#[O+].[C-]#[O+].[C-]#[O+]. The average molecular weight is 457 g/mol. The molecular weight excluding hydrogens is 438 g/mol. The molecule has 0 saturated carbocycles. The van der Waals surface area contributed by atoms with Crippen molar-refractivity contribution in [2.45, 2.75) is 13.5 Å². The summed E-state index contributed by atoms with van der Waals surface area (Å²) in [5.41, 5.74) is 3.43. The van der Waals surface area contributed by atoms with Gasteiger partial charge in [0.25, 0.3) is 0 Å². The Bertz CT molecular complexity index is 774. The molecule has 2 aromatic carbocycles. The number of hydrogen-bond acceptors (Lipinski definition) is 2. The quantitative estimate of drug-likeness (QED) is 0.507. The van der Waals surface area contributed by atoms with Crippen LogP contribution in [0.1, 0.15) is 18.1 Å². The Morgan fingerprint density at radius 3 is 1.65 bits per heavy atom. The summed E-state index contributed by atoms with van der Waals surface area (Å²) in [4.78, 5) is 0. The molecule has 1 N–H and O–H groups in total. The van der Waals surface area contributed by atoms with Gasteiger partial charge in [0.05, 0.1) is 0 Å². The number of hydrogen-bond donors (Lipinski definition) is 1. The van der Waals surface area contributed by atoms with E-state index < -0.39 is 0 Å². The van der Waals surface area contributed by atoms with Crippen LogP contribution in [0.4, 0.5) is 0 Å². The Hall–Kier alpha value is -2.96. The van der Waals surface area contributed by atoms with Gasteiger partial charge in [0.2, 0.25) is 0 Å². The molecule has 0 amide bonds. The summed E-state index contributed by atoms with van der Waals surface area (Å²) in [7, 11) is 0. The van der Waals surface area contributed by atoms with E-state index in [1.54, 1.807) is 0 Å². The van der Waals surface area contributed by atoms with E-state index in [2.05, 4.69) is 78.7 Å². The predicted octanol–water partition coefficient (Wildman–Crippen LogP) is 3.34. The zero-order chi connectivity index (χ0) is 24.9. The van der Waals surface area contributed by atoms with E-state index in [1.807, 2.05) is 49.4 Å². The molecule has 7 nitrogen and oxygen atoms in total. The van der Waals surface area contributed by atoms with Crippen LogP contribution < -0.4 is 5.32 Å². The second-order valence-corrected chi connectivity index (χ2v) is 5.14. The average Bonchev–Trinajstić information content (AvgIpc) is 2.89. The summed E-state index contributed by atoms with van der Waals surface area (Å²) >= 11 is 2.95. The van der Waals surface area contributed by atoms with Gasteiger partial charge >= 0.3 is 191 Å². The Labute approximate surface area is 190 Å². The number of ether oxygens (including phenoxy) is 1. The van der Waals surface area contributed by atoms with Gasteiger partial charge in [0.15, 0.2) is 0 Å². The molecule has 8 heteroatoms. The molecule has 0 aliphatic rings. The molecular formula is C23H19CrNO6. The van der Waals surface area contributed by atoms with Crippen molar-refractivity contribution in [3.63, 3.8) is 0 Å². The summed E-state index contributed by atoms with van der Waals surface area (Å²) in [6, 6.07) is 20.6. The van der Waals surface area contributed by atoms with Gasteiger partial charge < -0.3 is 0 Å². The first kappa shape index (κ1) is 35.5. The second kappa shape index (κ2) is 31.7. The molecule has 31 heavy (non-hydrogen) atoms. The first-order chi connectivity index (χ1) is 15.3. The molecule has 158 valence electrons. The van der Waals surface area contributed by atoms with Crippen molar-refractivity contribution in [2.75, 3.05) is 6.61 Å².